The van der Waals surface area contributed by atoms with Gasteiger partial charge < -0.3 is 5.32 Å². The van der Waals surface area contributed by atoms with Crippen LogP contribution >= 0.6 is 69.5 Å². The molecule has 0 aliphatic rings. The van der Waals surface area contributed by atoms with Crippen molar-refractivity contribution in [3.8, 4) is 0 Å². The second kappa shape index (κ2) is 7.25. The standard InChI is InChI=1S/C12H7Cl4NOS2/c13-6-4-7(14)11(16)12(10(6)15)17-8(18)5-20-9-2-1-3-19-9/h1-4H,5H2,(H,17,18). The molecule has 2 nitrogen and oxygen atoms in total. The molecule has 0 saturated carbocycles. The normalized spacial score (nSPS) is 10.6. The largest absolute Gasteiger partial charge is 0.323 e. The molecule has 2 rings (SSSR count). The quantitative estimate of drug-likeness (QED) is 0.508. The van der Waals surface area contributed by atoms with Crippen molar-refractivity contribution in [3.05, 3.63) is 43.7 Å². The summed E-state index contributed by atoms with van der Waals surface area (Å²) in [5.74, 6) is 0.0163. The molecule has 1 amide bonds. The first-order valence-electron chi connectivity index (χ1n) is 5.28. The Bertz CT molecular complexity index is 605. The van der Waals surface area contributed by atoms with E-state index in [2.05, 4.69) is 5.32 Å². The Kier molecular flexibility index (Phi) is 5.90. The fraction of sp³-hybridized carbons (Fsp3) is 0.0833. The first-order chi connectivity index (χ1) is 9.49. The predicted molar refractivity (Wildman–Crippen MR) is 90.2 cm³/mol. The summed E-state index contributed by atoms with van der Waals surface area (Å²) >= 11 is 26.8. The molecule has 0 aliphatic carbocycles. The Hall–Kier alpha value is -0.100. The first-order valence-corrected chi connectivity index (χ1v) is 8.66. The molecule has 1 aromatic heterocycles. The number of hydrogen-bond acceptors (Lipinski definition) is 3. The number of thioether (sulfide) groups is 1. The van der Waals surface area contributed by atoms with Gasteiger partial charge in [-0.2, -0.15) is 0 Å². The lowest BCUT2D eigenvalue weighted by atomic mass is 10.3. The van der Waals surface area contributed by atoms with Crippen LogP contribution in [0, 0.1) is 0 Å². The maximum atomic E-state index is 11.9. The Balaban J connectivity index is 2.08. The van der Waals surface area contributed by atoms with Crippen LogP contribution in [0.1, 0.15) is 0 Å². The fourth-order valence-corrected chi connectivity index (χ4v) is 3.83. The monoisotopic (exact) mass is 385 g/mol. The maximum Gasteiger partial charge on any atom is 0.234 e. The van der Waals surface area contributed by atoms with Crippen molar-refractivity contribution in [2.75, 3.05) is 11.1 Å². The number of halogens is 4. The van der Waals surface area contributed by atoms with Gasteiger partial charge in [-0.15, -0.1) is 23.1 Å². The van der Waals surface area contributed by atoms with E-state index in [1.807, 2.05) is 17.5 Å². The van der Waals surface area contributed by atoms with E-state index in [9.17, 15) is 4.79 Å². The van der Waals surface area contributed by atoms with Crippen LogP contribution in [-0.4, -0.2) is 11.7 Å². The van der Waals surface area contributed by atoms with E-state index >= 15 is 0 Å². The van der Waals surface area contributed by atoms with Crippen LogP contribution < -0.4 is 5.32 Å². The molecule has 0 fully saturated rings. The van der Waals surface area contributed by atoms with Crippen LogP contribution in [0.3, 0.4) is 0 Å². The number of benzene rings is 1. The van der Waals surface area contributed by atoms with Gasteiger partial charge in [0.25, 0.3) is 0 Å². The molecule has 20 heavy (non-hydrogen) atoms. The van der Waals surface area contributed by atoms with E-state index < -0.39 is 0 Å². The van der Waals surface area contributed by atoms with Gasteiger partial charge in [-0.1, -0.05) is 52.5 Å². The number of anilines is 1. The topological polar surface area (TPSA) is 29.1 Å². The summed E-state index contributed by atoms with van der Waals surface area (Å²) in [7, 11) is 0. The van der Waals surface area contributed by atoms with Crippen molar-refractivity contribution < 1.29 is 4.79 Å². The summed E-state index contributed by atoms with van der Waals surface area (Å²) in [5.41, 5.74) is 0.239. The molecule has 0 radical (unpaired) electrons. The van der Waals surface area contributed by atoms with Gasteiger partial charge >= 0.3 is 0 Å². The number of amides is 1. The second-order valence-corrected chi connectivity index (χ2v) is 7.41. The average Bonchev–Trinajstić information content (AvgIpc) is 2.92. The third-order valence-electron chi connectivity index (χ3n) is 2.22. The van der Waals surface area contributed by atoms with Gasteiger partial charge in [0.1, 0.15) is 0 Å². The molecule has 1 aromatic carbocycles. The van der Waals surface area contributed by atoms with Gasteiger partial charge in [-0.3, -0.25) is 4.79 Å². The van der Waals surface area contributed by atoms with Gasteiger partial charge in [-0.05, 0) is 17.5 Å². The van der Waals surface area contributed by atoms with Crippen LogP contribution in [0.5, 0.6) is 0 Å². The minimum Gasteiger partial charge on any atom is -0.323 e. The third-order valence-corrected chi connectivity index (χ3v) is 5.92. The summed E-state index contributed by atoms with van der Waals surface area (Å²) in [6.45, 7) is 0. The molecule has 0 unspecified atom stereocenters. The summed E-state index contributed by atoms with van der Waals surface area (Å²) in [6.07, 6.45) is 0. The molecule has 0 spiro atoms. The van der Waals surface area contributed by atoms with Crippen LogP contribution in [-0.2, 0) is 4.79 Å². The van der Waals surface area contributed by atoms with Crippen molar-refractivity contribution in [1.29, 1.82) is 0 Å². The van der Waals surface area contributed by atoms with Crippen LogP contribution in [0.25, 0.3) is 0 Å². The zero-order valence-electron chi connectivity index (χ0n) is 9.75. The summed E-state index contributed by atoms with van der Waals surface area (Å²) in [5, 5.41) is 5.41. The SMILES string of the molecule is O=C(CSc1cccs1)Nc1c(Cl)c(Cl)cc(Cl)c1Cl. The van der Waals surface area contributed by atoms with Gasteiger partial charge in [-0.25, -0.2) is 0 Å². The highest BCUT2D eigenvalue weighted by atomic mass is 35.5. The van der Waals surface area contributed by atoms with Crippen molar-refractivity contribution in [1.82, 2.24) is 0 Å². The average molecular weight is 387 g/mol. The molecular formula is C12H7Cl4NOS2. The van der Waals surface area contributed by atoms with Crippen LogP contribution in [0.15, 0.2) is 27.8 Å². The van der Waals surface area contributed by atoms with Crippen LogP contribution in [0.2, 0.25) is 20.1 Å². The smallest absolute Gasteiger partial charge is 0.234 e. The van der Waals surface area contributed by atoms with E-state index in [0.717, 1.165) is 4.21 Å². The number of rotatable bonds is 4. The third kappa shape index (κ3) is 3.97. The summed E-state index contributed by atoms with van der Waals surface area (Å²) in [4.78, 5) is 11.9. The van der Waals surface area contributed by atoms with Crippen molar-refractivity contribution in [2.24, 2.45) is 0 Å². The fourth-order valence-electron chi connectivity index (χ4n) is 1.34. The molecule has 0 saturated heterocycles. The summed E-state index contributed by atoms with van der Waals surface area (Å²) in [6, 6.07) is 5.30. The molecule has 1 heterocycles. The number of hydrogen-bond donors (Lipinski definition) is 1. The molecule has 1 N–H and O–H groups in total. The highest BCUT2D eigenvalue weighted by Crippen LogP contribution is 2.41. The molecule has 0 atom stereocenters. The van der Waals surface area contributed by atoms with E-state index in [1.54, 1.807) is 11.3 Å². The molecule has 2 aromatic rings. The van der Waals surface area contributed by atoms with Gasteiger partial charge in [0.15, 0.2) is 0 Å². The lowest BCUT2D eigenvalue weighted by Gasteiger charge is -2.11. The highest BCUT2D eigenvalue weighted by Gasteiger charge is 2.16. The Morgan fingerprint density at radius 1 is 1.20 bits per heavy atom. The summed E-state index contributed by atoms with van der Waals surface area (Å²) < 4.78 is 1.06. The first kappa shape index (κ1) is 16.3. The van der Waals surface area contributed by atoms with Crippen LogP contribution in [0.4, 0.5) is 5.69 Å². The van der Waals surface area contributed by atoms with Crippen molar-refractivity contribution >= 4 is 81.1 Å². The number of carbonyl (C=O) groups excluding carboxylic acids is 1. The minimum atomic E-state index is -0.231. The Labute approximate surface area is 144 Å². The minimum absolute atomic E-state index is 0.176. The second-order valence-electron chi connectivity index (χ2n) is 3.61. The van der Waals surface area contributed by atoms with Gasteiger partial charge in [0.05, 0.1) is 35.7 Å². The molecule has 0 aliphatic heterocycles. The number of thiophene rings is 1. The molecule has 0 bridgehead atoms. The lowest BCUT2D eigenvalue weighted by Crippen LogP contribution is -2.14. The molecular weight excluding hydrogens is 380 g/mol. The van der Waals surface area contributed by atoms with E-state index in [4.69, 9.17) is 46.4 Å². The predicted octanol–water partition coefficient (Wildman–Crippen LogP) is 6.09. The van der Waals surface area contributed by atoms with Gasteiger partial charge in [0.2, 0.25) is 5.91 Å². The number of carbonyl (C=O) groups is 1. The Morgan fingerprint density at radius 3 is 2.40 bits per heavy atom. The molecule has 106 valence electrons. The highest BCUT2D eigenvalue weighted by molar-refractivity contribution is 8.01. The Morgan fingerprint density at radius 2 is 1.85 bits per heavy atom. The zero-order chi connectivity index (χ0) is 14.7. The number of nitrogens with one attached hydrogen (secondary N) is 1. The van der Waals surface area contributed by atoms with Crippen molar-refractivity contribution in [3.63, 3.8) is 0 Å². The van der Waals surface area contributed by atoms with E-state index in [0.29, 0.717) is 0 Å². The van der Waals surface area contributed by atoms with E-state index in [-0.39, 0.29) is 37.4 Å². The molecule has 8 heteroatoms. The van der Waals surface area contributed by atoms with Gasteiger partial charge in [0, 0.05) is 0 Å². The maximum absolute atomic E-state index is 11.9. The van der Waals surface area contributed by atoms with E-state index in [1.165, 1.54) is 17.8 Å². The van der Waals surface area contributed by atoms with Crippen molar-refractivity contribution in [2.45, 2.75) is 4.21 Å². The zero-order valence-corrected chi connectivity index (χ0v) is 14.4. The lowest BCUT2D eigenvalue weighted by molar-refractivity contribution is -0.113.